The average molecular weight is 480 g/mol. The molecular weight excluding hydrogens is 453 g/mol. The Hall–Kier alpha value is -4.08. The zero-order valence-electron chi connectivity index (χ0n) is 20.0. The number of fused-ring (bicyclic) bond motifs is 3. The molecule has 0 aliphatic carbocycles. The predicted octanol–water partition coefficient (Wildman–Crippen LogP) is 2.89. The number of aromatic nitrogens is 4. The van der Waals surface area contributed by atoms with E-state index in [4.69, 9.17) is 14.5 Å². The van der Waals surface area contributed by atoms with Crippen molar-refractivity contribution in [3.8, 4) is 11.5 Å². The van der Waals surface area contributed by atoms with Gasteiger partial charge in [0.2, 0.25) is 5.95 Å². The van der Waals surface area contributed by atoms with Crippen LogP contribution in [0.4, 0.5) is 16.0 Å². The molecule has 0 amide bonds. The molecule has 1 aliphatic heterocycles. The smallest absolute Gasteiger partial charge is 0.332 e. The molecule has 1 atom stereocenters. The van der Waals surface area contributed by atoms with Gasteiger partial charge in [-0.3, -0.25) is 13.9 Å². The Balaban J connectivity index is 1.72. The van der Waals surface area contributed by atoms with E-state index < -0.39 is 17.1 Å². The summed E-state index contributed by atoms with van der Waals surface area (Å²) in [5, 5.41) is 0. The van der Waals surface area contributed by atoms with E-state index in [0.29, 0.717) is 36.1 Å². The molecule has 0 N–H and O–H groups in total. The van der Waals surface area contributed by atoms with E-state index in [0.717, 1.165) is 10.3 Å². The standard InChI is InChI=1S/C25H26FN5O4/c1-15-12-29(19-10-9-17(34-3)11-20(19)35-4)24-27-22-21(30(24)13-15)23(32)31(25(33)28(22)2)14-16-7-5-6-8-18(16)26/h5-11,15H,12-14H2,1-4H3/t15-/m0/s1. The van der Waals surface area contributed by atoms with Crippen LogP contribution in [0, 0.1) is 11.7 Å². The minimum absolute atomic E-state index is 0.166. The van der Waals surface area contributed by atoms with Gasteiger partial charge in [-0.2, -0.15) is 4.98 Å². The monoisotopic (exact) mass is 479 g/mol. The molecule has 9 nitrogen and oxygen atoms in total. The van der Waals surface area contributed by atoms with E-state index in [2.05, 4.69) is 6.92 Å². The summed E-state index contributed by atoms with van der Waals surface area (Å²) in [4.78, 5) is 33.5. The normalized spacial score (nSPS) is 15.3. The van der Waals surface area contributed by atoms with E-state index in [1.54, 1.807) is 45.5 Å². The van der Waals surface area contributed by atoms with Gasteiger partial charge < -0.3 is 18.9 Å². The minimum atomic E-state index is -0.553. The minimum Gasteiger partial charge on any atom is -0.497 e. The van der Waals surface area contributed by atoms with Crippen LogP contribution in [0.1, 0.15) is 12.5 Å². The second-order valence-corrected chi connectivity index (χ2v) is 8.77. The first kappa shape index (κ1) is 22.7. The highest BCUT2D eigenvalue weighted by Crippen LogP contribution is 2.39. The number of rotatable bonds is 5. The van der Waals surface area contributed by atoms with Crippen LogP contribution in [0.2, 0.25) is 0 Å². The van der Waals surface area contributed by atoms with Gasteiger partial charge in [-0.25, -0.2) is 9.18 Å². The highest BCUT2D eigenvalue weighted by atomic mass is 19.1. The number of aryl methyl sites for hydroxylation is 1. The van der Waals surface area contributed by atoms with Gasteiger partial charge in [-0.05, 0) is 24.1 Å². The Morgan fingerprint density at radius 3 is 2.57 bits per heavy atom. The molecular formula is C25H26FN5O4. The fourth-order valence-corrected chi connectivity index (χ4v) is 4.65. The van der Waals surface area contributed by atoms with Gasteiger partial charge in [-0.1, -0.05) is 25.1 Å². The van der Waals surface area contributed by atoms with Crippen molar-refractivity contribution in [2.75, 3.05) is 25.7 Å². The summed E-state index contributed by atoms with van der Waals surface area (Å²) in [6, 6.07) is 11.6. The van der Waals surface area contributed by atoms with Gasteiger partial charge >= 0.3 is 5.69 Å². The third-order valence-electron chi connectivity index (χ3n) is 6.41. The molecule has 10 heteroatoms. The lowest BCUT2D eigenvalue weighted by molar-refractivity contribution is 0.392. The summed E-state index contributed by atoms with van der Waals surface area (Å²) in [7, 11) is 4.74. The second-order valence-electron chi connectivity index (χ2n) is 8.77. The second kappa shape index (κ2) is 8.61. The van der Waals surface area contributed by atoms with Crippen molar-refractivity contribution in [1.82, 2.24) is 18.7 Å². The number of benzene rings is 2. The Morgan fingerprint density at radius 1 is 1.09 bits per heavy atom. The summed E-state index contributed by atoms with van der Waals surface area (Å²) < 4.78 is 29.5. The molecule has 5 rings (SSSR count). The molecule has 0 fully saturated rings. The first-order chi connectivity index (χ1) is 16.8. The van der Waals surface area contributed by atoms with Crippen LogP contribution in [0.25, 0.3) is 11.2 Å². The molecule has 0 saturated heterocycles. The fourth-order valence-electron chi connectivity index (χ4n) is 4.65. The van der Waals surface area contributed by atoms with Crippen LogP contribution in [-0.4, -0.2) is 39.4 Å². The van der Waals surface area contributed by atoms with Gasteiger partial charge in [0.05, 0.1) is 26.5 Å². The van der Waals surface area contributed by atoms with Gasteiger partial charge in [0, 0.05) is 31.8 Å². The SMILES string of the molecule is COc1ccc(N2C[C@H](C)Cn3c2nc2c3c(=O)n(Cc3ccccc3F)c(=O)n2C)c(OC)c1. The number of imidazole rings is 1. The quantitative estimate of drug-likeness (QED) is 0.438. The third-order valence-corrected chi connectivity index (χ3v) is 6.41. The molecule has 2 aromatic heterocycles. The summed E-state index contributed by atoms with van der Waals surface area (Å²) in [5.41, 5.74) is 0.577. The van der Waals surface area contributed by atoms with Crippen molar-refractivity contribution >= 4 is 22.8 Å². The highest BCUT2D eigenvalue weighted by Gasteiger charge is 2.31. The fraction of sp³-hybridized carbons (Fsp3) is 0.320. The van der Waals surface area contributed by atoms with Gasteiger partial charge in [-0.15, -0.1) is 0 Å². The maximum absolute atomic E-state index is 14.3. The Bertz CT molecular complexity index is 1550. The topological polar surface area (TPSA) is 83.5 Å². The number of hydrogen-bond acceptors (Lipinski definition) is 6. The highest BCUT2D eigenvalue weighted by molar-refractivity contribution is 5.78. The lowest BCUT2D eigenvalue weighted by Gasteiger charge is -2.33. The zero-order valence-corrected chi connectivity index (χ0v) is 20.0. The van der Waals surface area contributed by atoms with Crippen LogP contribution in [0.15, 0.2) is 52.1 Å². The Morgan fingerprint density at radius 2 is 1.86 bits per heavy atom. The molecule has 4 aromatic rings. The van der Waals surface area contributed by atoms with Gasteiger partial charge in [0.15, 0.2) is 11.2 Å². The van der Waals surface area contributed by atoms with Crippen molar-refractivity contribution < 1.29 is 13.9 Å². The van der Waals surface area contributed by atoms with Crippen LogP contribution >= 0.6 is 0 Å². The van der Waals surface area contributed by atoms with Crippen LogP contribution in [0.5, 0.6) is 11.5 Å². The van der Waals surface area contributed by atoms with Crippen LogP contribution < -0.4 is 25.6 Å². The average Bonchev–Trinajstić information content (AvgIpc) is 3.25. The molecule has 0 spiro atoms. The Labute approximate surface area is 200 Å². The largest absolute Gasteiger partial charge is 0.497 e. The molecule has 2 aromatic carbocycles. The van der Waals surface area contributed by atoms with E-state index in [9.17, 15) is 14.0 Å². The van der Waals surface area contributed by atoms with Crippen molar-refractivity contribution in [2.24, 2.45) is 13.0 Å². The molecule has 0 bridgehead atoms. The van der Waals surface area contributed by atoms with Crippen molar-refractivity contribution in [2.45, 2.75) is 20.0 Å². The number of methoxy groups -OCH3 is 2. The molecule has 182 valence electrons. The first-order valence-electron chi connectivity index (χ1n) is 11.3. The lowest BCUT2D eigenvalue weighted by Crippen LogP contribution is -2.40. The molecule has 0 radical (unpaired) electrons. The molecule has 3 heterocycles. The van der Waals surface area contributed by atoms with E-state index >= 15 is 0 Å². The number of halogens is 1. The van der Waals surface area contributed by atoms with Crippen molar-refractivity contribution in [3.63, 3.8) is 0 Å². The maximum Gasteiger partial charge on any atom is 0.332 e. The number of hydrogen-bond donors (Lipinski definition) is 0. The molecule has 0 unspecified atom stereocenters. The van der Waals surface area contributed by atoms with Crippen molar-refractivity contribution in [1.29, 1.82) is 0 Å². The lowest BCUT2D eigenvalue weighted by atomic mass is 10.1. The summed E-state index contributed by atoms with van der Waals surface area (Å²) in [6.45, 7) is 3.11. The van der Waals surface area contributed by atoms with Crippen LogP contribution in [-0.2, 0) is 20.1 Å². The number of nitrogens with zero attached hydrogens (tertiary/aromatic N) is 5. The summed E-state index contributed by atoms with van der Waals surface area (Å²) in [5.74, 6) is 1.49. The molecule has 1 aliphatic rings. The summed E-state index contributed by atoms with van der Waals surface area (Å²) in [6.07, 6.45) is 0. The van der Waals surface area contributed by atoms with Crippen LogP contribution in [0.3, 0.4) is 0 Å². The van der Waals surface area contributed by atoms with E-state index in [1.807, 2.05) is 21.6 Å². The van der Waals surface area contributed by atoms with Gasteiger partial charge in [0.25, 0.3) is 5.56 Å². The first-order valence-corrected chi connectivity index (χ1v) is 11.3. The third kappa shape index (κ3) is 3.65. The predicted molar refractivity (Wildman–Crippen MR) is 130 cm³/mol. The molecule has 35 heavy (non-hydrogen) atoms. The Kier molecular flexibility index (Phi) is 5.58. The number of ether oxygens (including phenoxy) is 2. The summed E-state index contributed by atoms with van der Waals surface area (Å²) >= 11 is 0. The number of anilines is 2. The van der Waals surface area contributed by atoms with E-state index in [1.165, 1.54) is 10.6 Å². The van der Waals surface area contributed by atoms with Crippen molar-refractivity contribution in [3.05, 3.63) is 74.7 Å². The molecule has 0 saturated carbocycles. The zero-order chi connectivity index (χ0) is 24.9. The van der Waals surface area contributed by atoms with Gasteiger partial charge in [0.1, 0.15) is 17.3 Å². The van der Waals surface area contributed by atoms with E-state index in [-0.39, 0.29) is 23.7 Å². The maximum atomic E-state index is 14.3.